The van der Waals surface area contributed by atoms with E-state index < -0.39 is 0 Å². The Labute approximate surface area is 131 Å². The lowest BCUT2D eigenvalue weighted by atomic mass is 9.77. The molecular formula is C18H25BrO. The largest absolute Gasteiger partial charge is 0.490 e. The first-order chi connectivity index (χ1) is 9.65. The lowest BCUT2D eigenvalue weighted by Gasteiger charge is -2.34. The molecule has 20 heavy (non-hydrogen) atoms. The first-order valence-corrected chi connectivity index (χ1v) is 8.97. The van der Waals surface area contributed by atoms with Crippen molar-refractivity contribution in [2.24, 2.45) is 11.8 Å². The van der Waals surface area contributed by atoms with Crippen LogP contribution in [0.1, 0.15) is 50.2 Å². The summed E-state index contributed by atoms with van der Waals surface area (Å²) in [6.07, 6.45) is 8.15. The molecule has 2 aliphatic rings. The van der Waals surface area contributed by atoms with Crippen LogP contribution in [-0.2, 0) is 6.42 Å². The van der Waals surface area contributed by atoms with Crippen molar-refractivity contribution in [1.29, 1.82) is 0 Å². The average molecular weight is 337 g/mol. The molecule has 110 valence electrons. The summed E-state index contributed by atoms with van der Waals surface area (Å²) >= 11 is 3.91. The van der Waals surface area contributed by atoms with Crippen molar-refractivity contribution in [3.8, 4) is 5.75 Å². The number of rotatable bonds is 3. The molecule has 0 aromatic heterocycles. The number of hydrogen-bond donors (Lipinski definition) is 0. The Morgan fingerprint density at radius 2 is 2.15 bits per heavy atom. The van der Waals surface area contributed by atoms with Gasteiger partial charge in [0.15, 0.2) is 0 Å². The van der Waals surface area contributed by atoms with Gasteiger partial charge in [-0.15, -0.1) is 0 Å². The van der Waals surface area contributed by atoms with Crippen LogP contribution in [0.3, 0.4) is 0 Å². The van der Waals surface area contributed by atoms with Crippen molar-refractivity contribution in [3.63, 3.8) is 0 Å². The molecule has 1 heterocycles. The summed E-state index contributed by atoms with van der Waals surface area (Å²) in [5, 5.41) is 0. The van der Waals surface area contributed by atoms with Gasteiger partial charge in [0.25, 0.3) is 0 Å². The van der Waals surface area contributed by atoms with Crippen molar-refractivity contribution in [2.75, 3.05) is 0 Å². The van der Waals surface area contributed by atoms with Gasteiger partial charge < -0.3 is 4.74 Å². The van der Waals surface area contributed by atoms with Crippen LogP contribution < -0.4 is 4.74 Å². The molecular weight excluding hydrogens is 312 g/mol. The summed E-state index contributed by atoms with van der Waals surface area (Å²) < 4.78 is 6.16. The van der Waals surface area contributed by atoms with Gasteiger partial charge in [-0.2, -0.15) is 0 Å². The molecule has 1 aliphatic carbocycles. The molecule has 0 saturated heterocycles. The van der Waals surface area contributed by atoms with Crippen molar-refractivity contribution in [2.45, 2.75) is 63.3 Å². The van der Waals surface area contributed by atoms with Crippen molar-refractivity contribution in [1.82, 2.24) is 0 Å². The van der Waals surface area contributed by atoms with E-state index >= 15 is 0 Å². The molecule has 1 aromatic carbocycles. The van der Waals surface area contributed by atoms with Crippen LogP contribution in [0.5, 0.6) is 5.75 Å². The van der Waals surface area contributed by atoms with Crippen LogP contribution >= 0.6 is 15.9 Å². The van der Waals surface area contributed by atoms with Gasteiger partial charge in [0.2, 0.25) is 0 Å². The highest BCUT2D eigenvalue weighted by atomic mass is 79.9. The minimum absolute atomic E-state index is 0.396. The highest BCUT2D eigenvalue weighted by Crippen LogP contribution is 2.40. The van der Waals surface area contributed by atoms with Gasteiger partial charge in [-0.25, -0.2) is 0 Å². The van der Waals surface area contributed by atoms with Crippen LogP contribution in [0.2, 0.25) is 0 Å². The molecule has 4 atom stereocenters. The van der Waals surface area contributed by atoms with E-state index in [1.165, 1.54) is 43.2 Å². The molecule has 0 spiro atoms. The number of alkyl halides is 1. The summed E-state index contributed by atoms with van der Waals surface area (Å²) in [5.74, 6) is 2.84. The van der Waals surface area contributed by atoms with Gasteiger partial charge in [-0.05, 0) is 56.1 Å². The number of hydrogen-bond acceptors (Lipinski definition) is 1. The second kappa shape index (κ2) is 6.09. The fourth-order valence-corrected chi connectivity index (χ4v) is 4.55. The van der Waals surface area contributed by atoms with Crippen molar-refractivity contribution >= 4 is 15.9 Å². The zero-order valence-corrected chi connectivity index (χ0v) is 14.2. The van der Waals surface area contributed by atoms with Crippen LogP contribution in [-0.4, -0.2) is 10.9 Å². The predicted molar refractivity (Wildman–Crippen MR) is 87.8 cm³/mol. The van der Waals surface area contributed by atoms with Crippen molar-refractivity contribution in [3.05, 3.63) is 29.3 Å². The summed E-state index contributed by atoms with van der Waals surface area (Å²) in [7, 11) is 0. The average Bonchev–Trinajstić information content (AvgIpc) is 2.82. The van der Waals surface area contributed by atoms with Crippen LogP contribution in [0.4, 0.5) is 0 Å². The third-order valence-corrected chi connectivity index (χ3v) is 6.30. The second-order valence-electron chi connectivity index (χ2n) is 6.65. The van der Waals surface area contributed by atoms with Crippen molar-refractivity contribution < 1.29 is 4.74 Å². The molecule has 0 bridgehead atoms. The molecule has 0 radical (unpaired) electrons. The fourth-order valence-electron chi connectivity index (χ4n) is 3.86. The Balaban J connectivity index is 1.62. The number of halogens is 1. The third-order valence-electron chi connectivity index (χ3n) is 5.10. The Bertz CT molecular complexity index is 470. The van der Waals surface area contributed by atoms with Crippen LogP contribution in [0.15, 0.2) is 18.2 Å². The normalized spacial score (nSPS) is 32.8. The maximum absolute atomic E-state index is 6.16. The zero-order valence-electron chi connectivity index (χ0n) is 12.6. The highest BCUT2D eigenvalue weighted by Gasteiger charge is 2.32. The number of ether oxygens (including phenoxy) is 1. The van der Waals surface area contributed by atoms with Crippen LogP contribution in [0.25, 0.3) is 0 Å². The van der Waals surface area contributed by atoms with E-state index in [4.69, 9.17) is 4.74 Å². The minimum Gasteiger partial charge on any atom is -0.490 e. The Morgan fingerprint density at radius 3 is 2.95 bits per heavy atom. The summed E-state index contributed by atoms with van der Waals surface area (Å²) in [4.78, 5) is 0.694. The lowest BCUT2D eigenvalue weighted by Crippen LogP contribution is -2.29. The molecule has 0 amide bonds. The van der Waals surface area contributed by atoms with E-state index in [0.29, 0.717) is 10.9 Å². The number of fused-ring (bicyclic) bond motifs is 1. The lowest BCUT2D eigenvalue weighted by molar-refractivity contribution is 0.161. The Kier molecular flexibility index (Phi) is 4.40. The van der Waals surface area contributed by atoms with Crippen LogP contribution in [0, 0.1) is 18.8 Å². The monoisotopic (exact) mass is 336 g/mol. The zero-order chi connectivity index (χ0) is 14.1. The molecule has 1 saturated carbocycles. The summed E-state index contributed by atoms with van der Waals surface area (Å²) in [6, 6.07) is 6.59. The van der Waals surface area contributed by atoms with Gasteiger partial charge >= 0.3 is 0 Å². The van der Waals surface area contributed by atoms with Gasteiger partial charge in [0.1, 0.15) is 11.9 Å². The molecule has 1 aromatic rings. The molecule has 1 nitrogen and oxygen atoms in total. The van der Waals surface area contributed by atoms with Gasteiger partial charge in [-0.1, -0.05) is 47.0 Å². The van der Waals surface area contributed by atoms with E-state index in [1.54, 1.807) is 0 Å². The first kappa shape index (κ1) is 14.4. The summed E-state index contributed by atoms with van der Waals surface area (Å²) in [6.45, 7) is 4.50. The molecule has 1 fully saturated rings. The van der Waals surface area contributed by atoms with E-state index in [9.17, 15) is 0 Å². The minimum atomic E-state index is 0.396. The van der Waals surface area contributed by atoms with E-state index in [1.807, 2.05) is 0 Å². The maximum atomic E-state index is 6.16. The smallest absolute Gasteiger partial charge is 0.123 e. The van der Waals surface area contributed by atoms with E-state index in [0.717, 1.165) is 24.0 Å². The Morgan fingerprint density at radius 1 is 1.30 bits per heavy atom. The predicted octanol–water partition coefficient (Wildman–Crippen LogP) is 5.28. The highest BCUT2D eigenvalue weighted by molar-refractivity contribution is 9.09. The maximum Gasteiger partial charge on any atom is 0.123 e. The van der Waals surface area contributed by atoms with Gasteiger partial charge in [-0.3, -0.25) is 0 Å². The first-order valence-electron chi connectivity index (χ1n) is 8.06. The second-order valence-corrected chi connectivity index (χ2v) is 7.83. The molecule has 3 rings (SSSR count). The SMILES string of the molecule is CCC1CCC(Br)C(CC2Cc3cc(C)ccc3O2)C1. The number of aryl methyl sites for hydroxylation is 1. The van der Waals surface area contributed by atoms with Gasteiger partial charge in [0, 0.05) is 11.2 Å². The van der Waals surface area contributed by atoms with E-state index in [2.05, 4.69) is 48.0 Å². The molecule has 0 N–H and O–H groups in total. The quantitative estimate of drug-likeness (QED) is 0.682. The third kappa shape index (κ3) is 3.05. The fraction of sp³-hybridized carbons (Fsp3) is 0.667. The van der Waals surface area contributed by atoms with E-state index in [-0.39, 0.29) is 0 Å². The topological polar surface area (TPSA) is 9.23 Å². The molecule has 1 aliphatic heterocycles. The molecule has 4 unspecified atom stereocenters. The standard InChI is InChI=1S/C18H25BrO/c1-3-13-5-6-17(19)14(9-13)10-16-11-15-8-12(2)4-7-18(15)20-16/h4,7-8,13-14,16-17H,3,5-6,9-11H2,1-2H3. The number of benzene rings is 1. The Hall–Kier alpha value is -0.500. The molecule has 2 heteroatoms. The van der Waals surface area contributed by atoms with Gasteiger partial charge in [0.05, 0.1) is 0 Å². The summed E-state index contributed by atoms with van der Waals surface area (Å²) in [5.41, 5.74) is 2.75.